The number of pyridine rings is 1. The first-order valence-electron chi connectivity index (χ1n) is 5.43. The molecule has 1 N–H and O–H groups in total. The lowest BCUT2D eigenvalue weighted by atomic mass is 10.1. The van der Waals surface area contributed by atoms with Gasteiger partial charge in [-0.1, -0.05) is 6.07 Å². The van der Waals surface area contributed by atoms with Crippen LogP contribution in [0.1, 0.15) is 21.6 Å². The van der Waals surface area contributed by atoms with Gasteiger partial charge in [0.05, 0.1) is 11.6 Å². The van der Waals surface area contributed by atoms with E-state index in [0.29, 0.717) is 16.8 Å². The van der Waals surface area contributed by atoms with Crippen LogP contribution in [0.5, 0.6) is 0 Å². The lowest BCUT2D eigenvalue weighted by Crippen LogP contribution is -2.12. The molecule has 0 fully saturated rings. The first-order valence-corrected chi connectivity index (χ1v) is 5.43. The van der Waals surface area contributed by atoms with Crippen LogP contribution in [0.2, 0.25) is 0 Å². The summed E-state index contributed by atoms with van der Waals surface area (Å²) in [4.78, 5) is 16.0. The average Bonchev–Trinajstić information content (AvgIpc) is 2.39. The number of nitriles is 1. The molecule has 0 unspecified atom stereocenters. The van der Waals surface area contributed by atoms with Gasteiger partial charge in [-0.3, -0.25) is 9.78 Å². The van der Waals surface area contributed by atoms with Crippen LogP contribution in [0.25, 0.3) is 0 Å². The van der Waals surface area contributed by atoms with Crippen molar-refractivity contribution < 1.29 is 4.79 Å². The van der Waals surface area contributed by atoms with E-state index in [2.05, 4.69) is 10.3 Å². The van der Waals surface area contributed by atoms with Gasteiger partial charge in [0.2, 0.25) is 0 Å². The summed E-state index contributed by atoms with van der Waals surface area (Å²) in [5.74, 6) is -0.238. The zero-order valence-corrected chi connectivity index (χ0v) is 9.84. The summed E-state index contributed by atoms with van der Waals surface area (Å²) >= 11 is 0. The van der Waals surface area contributed by atoms with Crippen molar-refractivity contribution in [3.05, 3.63) is 59.4 Å². The maximum atomic E-state index is 12.0. The van der Waals surface area contributed by atoms with Crippen molar-refractivity contribution >= 4 is 11.6 Å². The van der Waals surface area contributed by atoms with E-state index in [0.717, 1.165) is 5.69 Å². The topological polar surface area (TPSA) is 65.8 Å². The molecule has 1 heterocycles. The van der Waals surface area contributed by atoms with Crippen molar-refractivity contribution in [2.24, 2.45) is 0 Å². The largest absolute Gasteiger partial charge is 0.322 e. The Hall–Kier alpha value is -2.67. The van der Waals surface area contributed by atoms with Gasteiger partial charge in [-0.15, -0.1) is 0 Å². The number of rotatable bonds is 2. The highest BCUT2D eigenvalue weighted by Gasteiger charge is 2.06. The fourth-order valence-electron chi connectivity index (χ4n) is 1.56. The lowest BCUT2D eigenvalue weighted by molar-refractivity contribution is 0.102. The van der Waals surface area contributed by atoms with Crippen molar-refractivity contribution in [2.75, 3.05) is 5.32 Å². The lowest BCUT2D eigenvalue weighted by Gasteiger charge is -2.05. The molecule has 0 saturated carbocycles. The highest BCUT2D eigenvalue weighted by Crippen LogP contribution is 2.10. The number of nitrogens with zero attached hydrogens (tertiary/aromatic N) is 2. The Morgan fingerprint density at radius 3 is 2.89 bits per heavy atom. The second kappa shape index (κ2) is 5.11. The summed E-state index contributed by atoms with van der Waals surface area (Å²) in [5, 5.41) is 11.5. The van der Waals surface area contributed by atoms with Crippen molar-refractivity contribution in [1.82, 2.24) is 4.98 Å². The van der Waals surface area contributed by atoms with Gasteiger partial charge in [-0.2, -0.15) is 5.26 Å². The van der Waals surface area contributed by atoms with E-state index >= 15 is 0 Å². The molecule has 1 amide bonds. The van der Waals surface area contributed by atoms with Crippen molar-refractivity contribution in [2.45, 2.75) is 6.92 Å². The van der Waals surface area contributed by atoms with Gasteiger partial charge in [-0.25, -0.2) is 0 Å². The van der Waals surface area contributed by atoms with Crippen LogP contribution in [0.15, 0.2) is 42.6 Å². The van der Waals surface area contributed by atoms with Crippen LogP contribution in [0, 0.1) is 18.3 Å². The molecule has 4 nitrogen and oxygen atoms in total. The van der Waals surface area contributed by atoms with Crippen LogP contribution in [-0.2, 0) is 0 Å². The first-order chi connectivity index (χ1) is 8.69. The van der Waals surface area contributed by atoms with Crippen LogP contribution >= 0.6 is 0 Å². The number of aromatic nitrogens is 1. The van der Waals surface area contributed by atoms with E-state index in [-0.39, 0.29) is 5.91 Å². The van der Waals surface area contributed by atoms with E-state index in [4.69, 9.17) is 5.26 Å². The van der Waals surface area contributed by atoms with Crippen LogP contribution in [0.4, 0.5) is 5.69 Å². The van der Waals surface area contributed by atoms with Crippen LogP contribution < -0.4 is 5.32 Å². The molecule has 18 heavy (non-hydrogen) atoms. The summed E-state index contributed by atoms with van der Waals surface area (Å²) in [6.07, 6.45) is 1.64. The quantitative estimate of drug-likeness (QED) is 0.872. The third-order valence-corrected chi connectivity index (χ3v) is 2.41. The Bertz CT molecular complexity index is 629. The third kappa shape index (κ3) is 2.71. The number of hydrogen-bond donors (Lipinski definition) is 1. The number of carbonyl (C=O) groups is 1. The van der Waals surface area contributed by atoms with Crippen molar-refractivity contribution in [1.29, 1.82) is 5.26 Å². The smallest absolute Gasteiger partial charge is 0.255 e. The molecule has 0 aliphatic carbocycles. The minimum absolute atomic E-state index is 0.238. The molecule has 0 spiro atoms. The summed E-state index contributed by atoms with van der Waals surface area (Å²) < 4.78 is 0. The van der Waals surface area contributed by atoms with Crippen molar-refractivity contribution in [3.63, 3.8) is 0 Å². The van der Waals surface area contributed by atoms with Gasteiger partial charge in [0.15, 0.2) is 0 Å². The molecule has 1 aromatic heterocycles. The van der Waals surface area contributed by atoms with Gasteiger partial charge in [0.25, 0.3) is 5.91 Å². The molecular weight excluding hydrogens is 226 g/mol. The van der Waals surface area contributed by atoms with Gasteiger partial charge in [0.1, 0.15) is 0 Å². The molecule has 0 aliphatic heterocycles. The Labute approximate surface area is 105 Å². The number of anilines is 1. The fraction of sp³-hybridized carbons (Fsp3) is 0.0714. The number of amides is 1. The predicted octanol–water partition coefficient (Wildman–Crippen LogP) is 2.51. The average molecular weight is 237 g/mol. The Morgan fingerprint density at radius 2 is 2.17 bits per heavy atom. The van der Waals surface area contributed by atoms with E-state index in [1.54, 1.807) is 42.6 Å². The minimum atomic E-state index is -0.238. The summed E-state index contributed by atoms with van der Waals surface area (Å²) in [6, 6.07) is 12.1. The monoisotopic (exact) mass is 237 g/mol. The second-order valence-corrected chi connectivity index (χ2v) is 3.83. The SMILES string of the molecule is Cc1cc(NC(=O)c2cccc(C#N)c2)ccn1. The summed E-state index contributed by atoms with van der Waals surface area (Å²) in [7, 11) is 0. The van der Waals surface area contributed by atoms with Gasteiger partial charge >= 0.3 is 0 Å². The maximum Gasteiger partial charge on any atom is 0.255 e. The number of nitrogens with one attached hydrogen (secondary N) is 1. The maximum absolute atomic E-state index is 12.0. The van der Waals surface area contributed by atoms with Gasteiger partial charge in [-0.05, 0) is 37.3 Å². The molecule has 4 heteroatoms. The Morgan fingerprint density at radius 1 is 1.33 bits per heavy atom. The molecule has 2 rings (SSSR count). The molecule has 0 aliphatic rings. The van der Waals surface area contributed by atoms with Crippen molar-refractivity contribution in [3.8, 4) is 6.07 Å². The van der Waals surface area contributed by atoms with E-state index in [1.165, 1.54) is 0 Å². The van der Waals surface area contributed by atoms with Crippen LogP contribution in [0.3, 0.4) is 0 Å². The second-order valence-electron chi connectivity index (χ2n) is 3.83. The van der Waals surface area contributed by atoms with E-state index in [9.17, 15) is 4.79 Å². The standard InChI is InChI=1S/C14H11N3O/c1-10-7-13(5-6-16-10)17-14(18)12-4-2-3-11(8-12)9-15/h2-8H,1H3,(H,16,17,18). The number of carbonyl (C=O) groups excluding carboxylic acids is 1. The van der Waals surface area contributed by atoms with Gasteiger partial charge in [0, 0.05) is 23.1 Å². The zero-order chi connectivity index (χ0) is 13.0. The predicted molar refractivity (Wildman–Crippen MR) is 68.1 cm³/mol. The molecule has 2 aromatic rings. The Kier molecular flexibility index (Phi) is 3.35. The zero-order valence-electron chi connectivity index (χ0n) is 9.84. The molecule has 0 saturated heterocycles. The fourth-order valence-corrected chi connectivity index (χ4v) is 1.56. The number of benzene rings is 1. The summed E-state index contributed by atoms with van der Waals surface area (Å²) in [6.45, 7) is 1.85. The Balaban J connectivity index is 2.20. The highest BCUT2D eigenvalue weighted by molar-refractivity contribution is 6.04. The third-order valence-electron chi connectivity index (χ3n) is 2.41. The molecule has 1 aromatic carbocycles. The highest BCUT2D eigenvalue weighted by atomic mass is 16.1. The van der Waals surface area contributed by atoms with E-state index < -0.39 is 0 Å². The van der Waals surface area contributed by atoms with Gasteiger partial charge < -0.3 is 5.32 Å². The molecule has 0 radical (unpaired) electrons. The minimum Gasteiger partial charge on any atom is -0.322 e. The molecule has 0 atom stereocenters. The number of aryl methyl sites for hydroxylation is 1. The van der Waals surface area contributed by atoms with Crippen LogP contribution in [-0.4, -0.2) is 10.9 Å². The molecule has 0 bridgehead atoms. The normalized spacial score (nSPS) is 9.56. The molecule has 88 valence electrons. The molecular formula is C14H11N3O. The number of hydrogen-bond acceptors (Lipinski definition) is 3. The summed E-state index contributed by atoms with van der Waals surface area (Å²) in [5.41, 5.74) is 2.45. The van der Waals surface area contributed by atoms with E-state index in [1.807, 2.05) is 13.0 Å². The first kappa shape index (κ1) is 11.8.